The minimum atomic E-state index is -0.365. The number of aryl methyl sites for hydroxylation is 1. The molecule has 8 aromatic rings. The van der Waals surface area contributed by atoms with Crippen LogP contribution in [0.1, 0.15) is 98.0 Å². The van der Waals surface area contributed by atoms with Gasteiger partial charge in [-0.1, -0.05) is 53.7 Å². The van der Waals surface area contributed by atoms with Gasteiger partial charge in [0.2, 0.25) is 0 Å². The van der Waals surface area contributed by atoms with Crippen LogP contribution < -0.4 is 9.47 Å². The second kappa shape index (κ2) is 19.3. The van der Waals surface area contributed by atoms with E-state index in [0.29, 0.717) is 11.8 Å². The first kappa shape index (κ1) is 44.1. The van der Waals surface area contributed by atoms with E-state index in [0.717, 1.165) is 73.0 Å². The predicted molar refractivity (Wildman–Crippen MR) is 243 cm³/mol. The lowest BCUT2D eigenvalue weighted by atomic mass is 10.0. The molecule has 0 atom stereocenters. The fraction of sp³-hybridized carbons (Fsp3) is 0.294. The Morgan fingerprint density at radius 1 is 0.475 bits per heavy atom. The molecule has 2 aromatic carbocycles. The highest BCUT2D eigenvalue weighted by atomic mass is 19.1. The summed E-state index contributed by atoms with van der Waals surface area (Å²) in [5, 5.41) is 0. The van der Waals surface area contributed by atoms with Crippen molar-refractivity contribution in [1.29, 1.82) is 0 Å². The Labute approximate surface area is 358 Å². The number of hydrogen-bond donors (Lipinski definition) is 0. The zero-order valence-electron chi connectivity index (χ0n) is 37.0. The quantitative estimate of drug-likeness (QED) is 0.137. The summed E-state index contributed by atoms with van der Waals surface area (Å²) in [6.45, 7) is 22.0. The summed E-state index contributed by atoms with van der Waals surface area (Å²) in [5.74, 6) is 0.579. The topological polar surface area (TPSA) is 78.8 Å². The molecule has 0 unspecified atom stereocenters. The highest BCUT2D eigenvalue weighted by molar-refractivity contribution is 5.73. The normalized spacial score (nSPS) is 11.3. The fourth-order valence-corrected chi connectivity index (χ4v) is 6.85. The lowest BCUT2D eigenvalue weighted by Gasteiger charge is -2.13. The van der Waals surface area contributed by atoms with Crippen molar-refractivity contribution in [3.8, 4) is 56.3 Å². The van der Waals surface area contributed by atoms with Crippen molar-refractivity contribution < 1.29 is 18.3 Å². The number of halogens is 2. The lowest BCUT2D eigenvalue weighted by molar-refractivity contribution is 0.231. The van der Waals surface area contributed by atoms with Crippen LogP contribution in [-0.2, 0) is 0 Å². The molecule has 0 aliphatic rings. The Morgan fingerprint density at radius 2 is 0.934 bits per heavy atom. The van der Waals surface area contributed by atoms with Crippen LogP contribution in [0.5, 0.6) is 11.5 Å². The largest absolute Gasteiger partial charge is 0.488 e. The summed E-state index contributed by atoms with van der Waals surface area (Å²) >= 11 is 0. The molecule has 8 rings (SSSR count). The summed E-state index contributed by atoms with van der Waals surface area (Å²) in [5.41, 5.74) is 12.1. The van der Waals surface area contributed by atoms with Gasteiger partial charge in [0.15, 0.2) is 23.1 Å². The maximum absolute atomic E-state index is 14.6. The van der Waals surface area contributed by atoms with Crippen LogP contribution in [-0.4, -0.2) is 40.9 Å². The van der Waals surface area contributed by atoms with E-state index < -0.39 is 0 Å². The molecule has 10 heteroatoms. The molecule has 0 saturated heterocycles. The molecule has 0 aliphatic heterocycles. The monoisotopic (exact) mass is 822 g/mol. The van der Waals surface area contributed by atoms with E-state index >= 15 is 0 Å². The van der Waals surface area contributed by atoms with E-state index in [1.54, 1.807) is 12.1 Å². The lowest BCUT2D eigenvalue weighted by Crippen LogP contribution is -2.06. The molecule has 61 heavy (non-hydrogen) atoms. The average molecular weight is 823 g/mol. The van der Waals surface area contributed by atoms with Crippen LogP contribution in [0, 0.1) is 18.6 Å². The smallest absolute Gasteiger partial charge is 0.165 e. The van der Waals surface area contributed by atoms with Gasteiger partial charge < -0.3 is 9.47 Å². The van der Waals surface area contributed by atoms with Crippen LogP contribution in [0.3, 0.4) is 0 Å². The highest BCUT2D eigenvalue weighted by Crippen LogP contribution is 2.32. The Morgan fingerprint density at radius 3 is 1.41 bits per heavy atom. The first-order valence-electron chi connectivity index (χ1n) is 21.1. The predicted octanol–water partition coefficient (Wildman–Crippen LogP) is 13.6. The number of hydrogen-bond acceptors (Lipinski definition) is 6. The maximum Gasteiger partial charge on any atom is 0.165 e. The number of pyridine rings is 4. The third kappa shape index (κ3) is 10.1. The molecule has 0 N–H and O–H groups in total. The number of benzene rings is 2. The summed E-state index contributed by atoms with van der Waals surface area (Å²) < 4.78 is 44.1. The summed E-state index contributed by atoms with van der Waals surface area (Å²) in [4.78, 5) is 18.2. The van der Waals surface area contributed by atoms with Gasteiger partial charge in [-0.2, -0.15) is 0 Å². The van der Waals surface area contributed by atoms with Gasteiger partial charge in [0.05, 0.1) is 36.0 Å². The van der Waals surface area contributed by atoms with E-state index in [2.05, 4.69) is 65.8 Å². The van der Waals surface area contributed by atoms with Crippen molar-refractivity contribution in [3.63, 3.8) is 0 Å². The number of ether oxygens (including phenoxy) is 2. The second-order valence-corrected chi connectivity index (χ2v) is 15.9. The molecule has 6 aromatic heterocycles. The van der Waals surface area contributed by atoms with E-state index in [9.17, 15) is 8.78 Å². The fourth-order valence-electron chi connectivity index (χ4n) is 6.85. The SMILES string of the molecule is CC.CC(C)Oc1ccc(-c2ccc3ncc(-c4ccc(C(C)C)nc4)n3c2)cc1F.Cc1cc2ncc(-c3ccc(C(C)C)nc3)n2cc1-c1ccc(OC(C)C)c(F)c1. The van der Waals surface area contributed by atoms with Gasteiger partial charge in [0, 0.05) is 52.9 Å². The average Bonchev–Trinajstić information content (AvgIpc) is 3.86. The van der Waals surface area contributed by atoms with E-state index in [-0.39, 0.29) is 35.3 Å². The van der Waals surface area contributed by atoms with E-state index in [4.69, 9.17) is 9.47 Å². The van der Waals surface area contributed by atoms with Crippen molar-refractivity contribution in [2.24, 2.45) is 0 Å². The van der Waals surface area contributed by atoms with Crippen LogP contribution in [0.4, 0.5) is 8.78 Å². The molecule has 0 radical (unpaired) electrons. The van der Waals surface area contributed by atoms with Crippen molar-refractivity contribution in [1.82, 2.24) is 28.7 Å². The van der Waals surface area contributed by atoms with Gasteiger partial charge >= 0.3 is 0 Å². The molecule has 0 bridgehead atoms. The number of rotatable bonds is 10. The third-order valence-electron chi connectivity index (χ3n) is 9.94. The molecule has 6 heterocycles. The molecule has 316 valence electrons. The molecule has 0 saturated carbocycles. The number of fused-ring (bicyclic) bond motifs is 2. The van der Waals surface area contributed by atoms with Gasteiger partial charge in [-0.25, -0.2) is 18.7 Å². The Hall–Kier alpha value is -6.42. The van der Waals surface area contributed by atoms with E-state index in [1.165, 1.54) is 12.1 Å². The van der Waals surface area contributed by atoms with Crippen LogP contribution in [0.2, 0.25) is 0 Å². The summed E-state index contributed by atoms with van der Waals surface area (Å²) in [6, 6.07) is 24.3. The Bertz CT molecular complexity index is 2720. The van der Waals surface area contributed by atoms with Crippen molar-refractivity contribution in [2.45, 2.75) is 100 Å². The van der Waals surface area contributed by atoms with Crippen LogP contribution in [0.25, 0.3) is 56.1 Å². The van der Waals surface area contributed by atoms with Crippen molar-refractivity contribution >= 4 is 11.3 Å². The van der Waals surface area contributed by atoms with Crippen molar-refractivity contribution in [3.05, 3.63) is 145 Å². The van der Waals surface area contributed by atoms with Crippen LogP contribution in [0.15, 0.2) is 116 Å². The zero-order valence-corrected chi connectivity index (χ0v) is 37.0. The van der Waals surface area contributed by atoms with Crippen LogP contribution >= 0.6 is 0 Å². The molecular formula is C51H56F2N6O2. The molecular weight excluding hydrogens is 767 g/mol. The zero-order chi connectivity index (χ0) is 44.0. The number of aromatic nitrogens is 6. The number of imidazole rings is 2. The Balaban J connectivity index is 0.000000196. The third-order valence-corrected chi connectivity index (χ3v) is 9.94. The summed E-state index contributed by atoms with van der Waals surface area (Å²) in [6.07, 6.45) is 11.3. The Kier molecular flexibility index (Phi) is 14.0. The molecule has 0 fully saturated rings. The molecule has 0 amide bonds. The minimum Gasteiger partial charge on any atom is -0.488 e. The minimum absolute atomic E-state index is 0.0732. The standard InChI is InChI=1S/C25H26FN3O.C24H24FN3O.C2H6/c1-15(2)22-8-6-19(12-27-22)23-13-28-25-10-17(5)20(14-29(23)25)18-7-9-24(21(26)11-18)30-16(3)4;1-15(2)21-8-5-18(12-26-21)22-13-27-24-10-7-19(14-28(22)24)17-6-9-23(20(25)11-17)29-16(3)4;1-2/h6-16H,1-5H3;5-16H,1-4H3;1-2H3. The van der Waals surface area contributed by atoms with Gasteiger partial charge in [0.25, 0.3) is 0 Å². The first-order chi connectivity index (χ1) is 29.2. The molecule has 0 aliphatic carbocycles. The maximum atomic E-state index is 14.6. The highest BCUT2D eigenvalue weighted by Gasteiger charge is 2.15. The molecule has 0 spiro atoms. The van der Waals surface area contributed by atoms with E-state index in [1.807, 2.05) is 131 Å². The summed E-state index contributed by atoms with van der Waals surface area (Å²) in [7, 11) is 0. The van der Waals surface area contributed by atoms with Crippen molar-refractivity contribution in [2.75, 3.05) is 0 Å². The van der Waals surface area contributed by atoms with Gasteiger partial charge in [-0.15, -0.1) is 0 Å². The molecule has 8 nitrogen and oxygen atoms in total. The number of nitrogens with zero attached hydrogens (tertiary/aromatic N) is 6. The van der Waals surface area contributed by atoms with Gasteiger partial charge in [-0.3, -0.25) is 18.8 Å². The second-order valence-electron chi connectivity index (χ2n) is 15.9. The van der Waals surface area contributed by atoms with Gasteiger partial charge in [-0.05, 0) is 135 Å². The first-order valence-corrected chi connectivity index (χ1v) is 21.1. The van der Waals surface area contributed by atoms with Gasteiger partial charge in [0.1, 0.15) is 11.3 Å².